The third-order valence-corrected chi connectivity index (χ3v) is 4.53. The van der Waals surface area contributed by atoms with Gasteiger partial charge < -0.3 is 10.8 Å². The van der Waals surface area contributed by atoms with Crippen molar-refractivity contribution in [1.29, 1.82) is 0 Å². The Bertz CT molecular complexity index is 310. The Morgan fingerprint density at radius 1 is 1.35 bits per heavy atom. The topological polar surface area (TPSA) is 66.6 Å². The van der Waals surface area contributed by atoms with E-state index >= 15 is 0 Å². The number of hydrogen-bond acceptors (Lipinski definition) is 3. The molecule has 1 rings (SSSR count). The van der Waals surface area contributed by atoms with Crippen molar-refractivity contribution in [3.8, 4) is 0 Å². The van der Waals surface area contributed by atoms with Gasteiger partial charge in [-0.15, -0.1) is 0 Å². The summed E-state index contributed by atoms with van der Waals surface area (Å²) in [6, 6.07) is 0.844. The van der Waals surface area contributed by atoms with Crippen molar-refractivity contribution in [3.05, 3.63) is 0 Å². The number of carboxylic acids is 1. The van der Waals surface area contributed by atoms with Crippen LogP contribution in [0.4, 0.5) is 0 Å². The predicted octanol–water partition coefficient (Wildman–Crippen LogP) is 2.86. The maximum atomic E-state index is 11.2. The van der Waals surface area contributed by atoms with Gasteiger partial charge in [0, 0.05) is 12.1 Å². The molecule has 20 heavy (non-hydrogen) atoms. The molecule has 1 aliphatic rings. The minimum absolute atomic E-state index is 0.225. The third kappa shape index (κ3) is 5.06. The third-order valence-electron chi connectivity index (χ3n) is 4.53. The van der Waals surface area contributed by atoms with Crippen molar-refractivity contribution in [3.63, 3.8) is 0 Å². The number of carboxylic acid groups (broad SMARTS) is 1. The Hall–Kier alpha value is -0.610. The van der Waals surface area contributed by atoms with Crippen LogP contribution in [-0.4, -0.2) is 40.1 Å². The summed E-state index contributed by atoms with van der Waals surface area (Å²) in [6.07, 6.45) is 6.77. The Labute approximate surface area is 123 Å². The smallest absolute Gasteiger partial charge is 0.323 e. The number of aliphatic carboxylic acids is 1. The van der Waals surface area contributed by atoms with Crippen LogP contribution in [0.15, 0.2) is 0 Å². The second kappa shape index (κ2) is 7.41. The Morgan fingerprint density at radius 3 is 2.35 bits per heavy atom. The molecule has 0 aromatic carbocycles. The van der Waals surface area contributed by atoms with Crippen molar-refractivity contribution in [2.75, 3.05) is 6.54 Å². The first-order valence-corrected chi connectivity index (χ1v) is 8.02. The molecule has 0 amide bonds. The molecule has 4 nitrogen and oxygen atoms in total. The molecule has 0 aromatic rings. The SMILES string of the molecule is CC(C)CCN(C(C)CC(C)(N)C(=O)O)C1CCCC1. The summed E-state index contributed by atoms with van der Waals surface area (Å²) in [5.41, 5.74) is 4.80. The molecule has 1 aliphatic carbocycles. The number of rotatable bonds is 8. The van der Waals surface area contributed by atoms with Gasteiger partial charge in [0.15, 0.2) is 0 Å². The fourth-order valence-corrected chi connectivity index (χ4v) is 3.22. The van der Waals surface area contributed by atoms with E-state index in [0.717, 1.165) is 13.0 Å². The Morgan fingerprint density at radius 2 is 1.90 bits per heavy atom. The van der Waals surface area contributed by atoms with E-state index < -0.39 is 11.5 Å². The largest absolute Gasteiger partial charge is 0.480 e. The van der Waals surface area contributed by atoms with Gasteiger partial charge in [-0.25, -0.2) is 0 Å². The average molecular weight is 284 g/mol. The standard InChI is InChI=1S/C16H32N2O2/c1-12(2)9-10-18(14-7-5-6-8-14)13(3)11-16(4,17)15(19)20/h12-14H,5-11,17H2,1-4H3,(H,19,20). The minimum atomic E-state index is -1.13. The lowest BCUT2D eigenvalue weighted by atomic mass is 9.93. The van der Waals surface area contributed by atoms with Gasteiger partial charge in [-0.05, 0) is 52.0 Å². The maximum absolute atomic E-state index is 11.2. The first kappa shape index (κ1) is 17.4. The zero-order chi connectivity index (χ0) is 15.3. The van der Waals surface area contributed by atoms with Crippen molar-refractivity contribution < 1.29 is 9.90 Å². The van der Waals surface area contributed by atoms with E-state index in [-0.39, 0.29) is 6.04 Å². The quantitative estimate of drug-likeness (QED) is 0.719. The molecule has 0 radical (unpaired) electrons. The molecule has 1 saturated carbocycles. The van der Waals surface area contributed by atoms with Crippen LogP contribution in [0.2, 0.25) is 0 Å². The summed E-state index contributed by atoms with van der Waals surface area (Å²) in [4.78, 5) is 13.7. The molecular weight excluding hydrogens is 252 g/mol. The molecule has 2 atom stereocenters. The number of hydrogen-bond donors (Lipinski definition) is 2. The molecule has 2 unspecified atom stereocenters. The fraction of sp³-hybridized carbons (Fsp3) is 0.938. The summed E-state index contributed by atoms with van der Waals surface area (Å²) in [5.74, 6) is -0.227. The molecule has 0 aliphatic heterocycles. The minimum Gasteiger partial charge on any atom is -0.480 e. The lowest BCUT2D eigenvalue weighted by Crippen LogP contribution is -2.52. The molecule has 118 valence electrons. The highest BCUT2D eigenvalue weighted by molar-refractivity contribution is 5.77. The molecule has 0 saturated heterocycles. The molecule has 0 spiro atoms. The van der Waals surface area contributed by atoms with Gasteiger partial charge in [0.1, 0.15) is 5.54 Å². The number of carbonyl (C=O) groups is 1. The summed E-state index contributed by atoms with van der Waals surface area (Å²) in [5, 5.41) is 9.21. The molecule has 1 fully saturated rings. The second-order valence-corrected chi connectivity index (χ2v) is 7.13. The van der Waals surface area contributed by atoms with Crippen LogP contribution in [0.5, 0.6) is 0 Å². The lowest BCUT2D eigenvalue weighted by molar-refractivity contribution is -0.143. The highest BCUT2D eigenvalue weighted by Crippen LogP contribution is 2.28. The van der Waals surface area contributed by atoms with E-state index in [1.54, 1.807) is 6.92 Å². The van der Waals surface area contributed by atoms with Gasteiger partial charge in [-0.2, -0.15) is 0 Å². The van der Waals surface area contributed by atoms with E-state index in [2.05, 4.69) is 25.7 Å². The maximum Gasteiger partial charge on any atom is 0.323 e. The highest BCUT2D eigenvalue weighted by atomic mass is 16.4. The van der Waals surface area contributed by atoms with E-state index in [0.29, 0.717) is 18.4 Å². The van der Waals surface area contributed by atoms with Crippen molar-refractivity contribution >= 4 is 5.97 Å². The lowest BCUT2D eigenvalue weighted by Gasteiger charge is -2.37. The van der Waals surface area contributed by atoms with Gasteiger partial charge in [-0.1, -0.05) is 26.7 Å². The van der Waals surface area contributed by atoms with Gasteiger partial charge in [0.2, 0.25) is 0 Å². The molecule has 0 aromatic heterocycles. The van der Waals surface area contributed by atoms with E-state index in [4.69, 9.17) is 5.73 Å². The summed E-state index contributed by atoms with van der Waals surface area (Å²) in [6.45, 7) is 9.29. The normalized spacial score (nSPS) is 21.4. The van der Waals surface area contributed by atoms with Crippen LogP contribution >= 0.6 is 0 Å². The summed E-state index contributed by atoms with van der Waals surface area (Å²) < 4.78 is 0. The monoisotopic (exact) mass is 284 g/mol. The van der Waals surface area contributed by atoms with Crippen molar-refractivity contribution in [1.82, 2.24) is 4.90 Å². The summed E-state index contributed by atoms with van der Waals surface area (Å²) >= 11 is 0. The highest BCUT2D eigenvalue weighted by Gasteiger charge is 2.34. The first-order chi connectivity index (χ1) is 9.24. The van der Waals surface area contributed by atoms with Crippen LogP contribution < -0.4 is 5.73 Å². The number of nitrogens with two attached hydrogens (primary N) is 1. The van der Waals surface area contributed by atoms with Gasteiger partial charge in [0.25, 0.3) is 0 Å². The Balaban J connectivity index is 2.67. The van der Waals surface area contributed by atoms with Crippen LogP contribution in [0.1, 0.15) is 66.2 Å². The molecular formula is C16H32N2O2. The van der Waals surface area contributed by atoms with Crippen LogP contribution in [0.3, 0.4) is 0 Å². The Kier molecular flexibility index (Phi) is 6.46. The molecule has 4 heteroatoms. The molecule has 0 bridgehead atoms. The van der Waals surface area contributed by atoms with Crippen LogP contribution in [0.25, 0.3) is 0 Å². The fourth-order valence-electron chi connectivity index (χ4n) is 3.22. The second-order valence-electron chi connectivity index (χ2n) is 7.13. The van der Waals surface area contributed by atoms with Crippen LogP contribution in [-0.2, 0) is 4.79 Å². The van der Waals surface area contributed by atoms with E-state index in [1.165, 1.54) is 25.7 Å². The molecule has 3 N–H and O–H groups in total. The van der Waals surface area contributed by atoms with Crippen molar-refractivity contribution in [2.24, 2.45) is 11.7 Å². The molecule has 0 heterocycles. The first-order valence-electron chi connectivity index (χ1n) is 8.02. The van der Waals surface area contributed by atoms with Crippen LogP contribution in [0, 0.1) is 5.92 Å². The van der Waals surface area contributed by atoms with Gasteiger partial charge >= 0.3 is 5.97 Å². The number of nitrogens with zero attached hydrogens (tertiary/aromatic N) is 1. The zero-order valence-corrected chi connectivity index (χ0v) is 13.6. The average Bonchev–Trinajstić information content (AvgIpc) is 2.81. The van der Waals surface area contributed by atoms with Gasteiger partial charge in [-0.3, -0.25) is 9.69 Å². The van der Waals surface area contributed by atoms with Crippen molar-refractivity contribution in [2.45, 2.75) is 83.8 Å². The van der Waals surface area contributed by atoms with E-state index in [9.17, 15) is 9.90 Å². The summed E-state index contributed by atoms with van der Waals surface area (Å²) in [7, 11) is 0. The predicted molar refractivity (Wildman–Crippen MR) is 82.7 cm³/mol. The zero-order valence-electron chi connectivity index (χ0n) is 13.6. The van der Waals surface area contributed by atoms with Gasteiger partial charge in [0.05, 0.1) is 0 Å². The van der Waals surface area contributed by atoms with E-state index in [1.807, 2.05) is 0 Å².